The molecule has 0 aliphatic heterocycles. The molecule has 0 unspecified atom stereocenters. The fourth-order valence-corrected chi connectivity index (χ4v) is 1.87. The van der Waals surface area contributed by atoms with Crippen molar-refractivity contribution in [1.82, 2.24) is 0 Å². The summed E-state index contributed by atoms with van der Waals surface area (Å²) in [6.07, 6.45) is 0. The third-order valence-corrected chi connectivity index (χ3v) is 2.93. The average molecular weight is 295 g/mol. The predicted octanol–water partition coefficient (Wildman–Crippen LogP) is 3.27. The van der Waals surface area contributed by atoms with Crippen LogP contribution in [0.2, 0.25) is 5.02 Å². The van der Waals surface area contributed by atoms with E-state index in [1.165, 1.54) is 36.4 Å². The number of nitro groups is 1. The molecule has 0 heterocycles. The quantitative estimate of drug-likeness (QED) is 0.594. The number of aromatic hydroxyl groups is 2. The Kier molecular flexibility index (Phi) is 3.95. The Bertz CT molecular complexity index is 661. The van der Waals surface area contributed by atoms with Gasteiger partial charge in [-0.2, -0.15) is 0 Å². The molecule has 0 aliphatic rings. The maximum absolute atomic E-state index is 10.9. The second-order valence-corrected chi connectivity index (χ2v) is 4.52. The number of rotatable bonds is 4. The maximum Gasteiger partial charge on any atom is 0.292 e. The molecule has 0 bridgehead atoms. The number of phenolic OH excluding ortho intramolecular Hbond substituents is 2. The number of hydrogen-bond donors (Lipinski definition) is 3. The van der Waals surface area contributed by atoms with Gasteiger partial charge in [0.25, 0.3) is 5.69 Å². The monoisotopic (exact) mass is 294 g/mol. The summed E-state index contributed by atoms with van der Waals surface area (Å²) in [4.78, 5) is 10.4. The van der Waals surface area contributed by atoms with Gasteiger partial charge in [-0.05, 0) is 24.3 Å². The normalized spacial score (nSPS) is 10.2. The first kappa shape index (κ1) is 14.0. The van der Waals surface area contributed by atoms with E-state index < -0.39 is 4.92 Å². The molecule has 20 heavy (non-hydrogen) atoms. The molecule has 2 rings (SSSR count). The third kappa shape index (κ3) is 3.10. The molecular formula is C13H11ClN2O4. The SMILES string of the molecule is O=[N+]([O-])c1ccc(Cl)cc1NCc1ccc(O)cc1O. The standard InChI is InChI=1S/C13H11ClN2O4/c14-9-2-4-12(16(19)20)11(5-9)15-7-8-1-3-10(17)6-13(8)18/h1-6,15,17-18H,7H2. The zero-order valence-corrected chi connectivity index (χ0v) is 11.0. The van der Waals surface area contributed by atoms with Crippen molar-refractivity contribution in [2.75, 3.05) is 5.32 Å². The van der Waals surface area contributed by atoms with Crippen molar-refractivity contribution < 1.29 is 15.1 Å². The number of benzene rings is 2. The minimum Gasteiger partial charge on any atom is -0.508 e. The number of nitrogens with zero attached hydrogens (tertiary/aromatic N) is 1. The van der Waals surface area contributed by atoms with E-state index in [9.17, 15) is 20.3 Å². The van der Waals surface area contributed by atoms with Gasteiger partial charge >= 0.3 is 0 Å². The molecule has 0 aliphatic carbocycles. The second-order valence-electron chi connectivity index (χ2n) is 4.09. The highest BCUT2D eigenvalue weighted by Crippen LogP contribution is 2.29. The number of phenols is 2. The Balaban J connectivity index is 2.22. The van der Waals surface area contributed by atoms with E-state index in [4.69, 9.17) is 11.6 Å². The Morgan fingerprint density at radius 2 is 1.95 bits per heavy atom. The van der Waals surface area contributed by atoms with Crippen LogP contribution in [0, 0.1) is 10.1 Å². The van der Waals surface area contributed by atoms with Crippen molar-refractivity contribution in [2.45, 2.75) is 6.54 Å². The number of nitrogens with one attached hydrogen (secondary N) is 1. The Hall–Kier alpha value is -2.47. The highest BCUT2D eigenvalue weighted by molar-refractivity contribution is 6.31. The number of hydrogen-bond acceptors (Lipinski definition) is 5. The van der Waals surface area contributed by atoms with Crippen LogP contribution in [0.5, 0.6) is 11.5 Å². The van der Waals surface area contributed by atoms with Crippen molar-refractivity contribution in [3.63, 3.8) is 0 Å². The number of halogens is 1. The lowest BCUT2D eigenvalue weighted by Gasteiger charge is -2.09. The third-order valence-electron chi connectivity index (χ3n) is 2.69. The summed E-state index contributed by atoms with van der Waals surface area (Å²) >= 11 is 5.81. The largest absolute Gasteiger partial charge is 0.508 e. The molecule has 7 heteroatoms. The zero-order chi connectivity index (χ0) is 14.7. The molecule has 0 saturated heterocycles. The predicted molar refractivity (Wildman–Crippen MR) is 75.2 cm³/mol. The van der Waals surface area contributed by atoms with Crippen molar-refractivity contribution in [3.8, 4) is 11.5 Å². The van der Waals surface area contributed by atoms with Gasteiger partial charge in [-0.15, -0.1) is 0 Å². The highest BCUT2D eigenvalue weighted by atomic mass is 35.5. The van der Waals surface area contributed by atoms with Gasteiger partial charge in [0.15, 0.2) is 0 Å². The van der Waals surface area contributed by atoms with Crippen molar-refractivity contribution in [1.29, 1.82) is 0 Å². The van der Waals surface area contributed by atoms with Crippen molar-refractivity contribution >= 4 is 23.0 Å². The number of anilines is 1. The summed E-state index contributed by atoms with van der Waals surface area (Å²) in [5.41, 5.74) is 0.653. The van der Waals surface area contributed by atoms with Gasteiger partial charge in [0, 0.05) is 29.3 Å². The summed E-state index contributed by atoms with van der Waals surface area (Å²) in [6, 6.07) is 8.32. The van der Waals surface area contributed by atoms with Crippen molar-refractivity contribution in [2.24, 2.45) is 0 Å². The first-order valence-corrected chi connectivity index (χ1v) is 6.04. The fourth-order valence-electron chi connectivity index (χ4n) is 1.70. The molecule has 0 aromatic heterocycles. The van der Waals surface area contributed by atoms with Gasteiger partial charge in [0.2, 0.25) is 0 Å². The van der Waals surface area contributed by atoms with E-state index in [0.717, 1.165) is 0 Å². The van der Waals surface area contributed by atoms with Gasteiger partial charge in [0.1, 0.15) is 17.2 Å². The van der Waals surface area contributed by atoms with Gasteiger partial charge in [0.05, 0.1) is 4.92 Å². The van der Waals surface area contributed by atoms with E-state index in [-0.39, 0.29) is 29.4 Å². The van der Waals surface area contributed by atoms with Crippen LogP contribution in [0.25, 0.3) is 0 Å². The summed E-state index contributed by atoms with van der Waals surface area (Å²) in [6.45, 7) is 0.160. The Morgan fingerprint density at radius 1 is 1.20 bits per heavy atom. The molecule has 3 N–H and O–H groups in total. The van der Waals surface area contributed by atoms with Crippen LogP contribution < -0.4 is 5.32 Å². The lowest BCUT2D eigenvalue weighted by molar-refractivity contribution is -0.384. The Morgan fingerprint density at radius 3 is 2.60 bits per heavy atom. The maximum atomic E-state index is 10.9. The van der Waals surface area contributed by atoms with Crippen LogP contribution in [0.4, 0.5) is 11.4 Å². The molecule has 2 aromatic rings. The average Bonchev–Trinajstić information content (AvgIpc) is 2.37. The van der Waals surface area contributed by atoms with E-state index >= 15 is 0 Å². The second kappa shape index (κ2) is 5.66. The number of nitro benzene ring substituents is 1. The van der Waals surface area contributed by atoms with E-state index in [0.29, 0.717) is 10.6 Å². The summed E-state index contributed by atoms with van der Waals surface area (Å²) in [5.74, 6) is -0.151. The van der Waals surface area contributed by atoms with E-state index in [1.54, 1.807) is 0 Å². The van der Waals surface area contributed by atoms with Crippen LogP contribution in [0.1, 0.15) is 5.56 Å². The molecule has 0 radical (unpaired) electrons. The Labute approximate surface area is 119 Å². The molecule has 6 nitrogen and oxygen atoms in total. The molecule has 0 atom stereocenters. The first-order valence-electron chi connectivity index (χ1n) is 5.66. The van der Waals surface area contributed by atoms with Gasteiger partial charge in [-0.25, -0.2) is 0 Å². The minimum absolute atomic E-state index is 0.0556. The lowest BCUT2D eigenvalue weighted by atomic mass is 10.2. The van der Waals surface area contributed by atoms with Crippen LogP contribution in [-0.4, -0.2) is 15.1 Å². The molecule has 0 amide bonds. The van der Waals surface area contributed by atoms with Crippen LogP contribution >= 0.6 is 11.6 Å². The van der Waals surface area contributed by atoms with E-state index in [1.807, 2.05) is 0 Å². The topological polar surface area (TPSA) is 95.6 Å². The summed E-state index contributed by atoms with van der Waals surface area (Å²) in [7, 11) is 0. The fraction of sp³-hybridized carbons (Fsp3) is 0.0769. The molecule has 2 aromatic carbocycles. The van der Waals surface area contributed by atoms with Crippen LogP contribution in [-0.2, 0) is 6.54 Å². The highest BCUT2D eigenvalue weighted by Gasteiger charge is 2.14. The van der Waals surface area contributed by atoms with Crippen LogP contribution in [0.15, 0.2) is 36.4 Å². The molecule has 0 saturated carbocycles. The van der Waals surface area contributed by atoms with Gasteiger partial charge in [-0.1, -0.05) is 11.6 Å². The van der Waals surface area contributed by atoms with E-state index in [2.05, 4.69) is 5.32 Å². The molecule has 0 fully saturated rings. The molecule has 0 spiro atoms. The van der Waals surface area contributed by atoms with Crippen molar-refractivity contribution in [3.05, 3.63) is 57.1 Å². The van der Waals surface area contributed by atoms with Crippen LogP contribution in [0.3, 0.4) is 0 Å². The van der Waals surface area contributed by atoms with Gasteiger partial charge < -0.3 is 15.5 Å². The molecule has 104 valence electrons. The lowest BCUT2D eigenvalue weighted by Crippen LogP contribution is -2.02. The minimum atomic E-state index is -0.519. The summed E-state index contributed by atoms with van der Waals surface area (Å²) < 4.78 is 0. The zero-order valence-electron chi connectivity index (χ0n) is 10.2. The smallest absolute Gasteiger partial charge is 0.292 e. The summed E-state index contributed by atoms with van der Waals surface area (Å²) in [5, 5.41) is 32.9. The molecular weight excluding hydrogens is 284 g/mol. The van der Waals surface area contributed by atoms with Gasteiger partial charge in [-0.3, -0.25) is 10.1 Å². The first-order chi connectivity index (χ1) is 9.47.